The molecule has 32 heavy (non-hydrogen) atoms. The molecule has 10 heteroatoms. The topological polar surface area (TPSA) is 112 Å². The smallest absolute Gasteiger partial charge is 0.318 e. The number of hydrogen-bond donors (Lipinski definition) is 2. The number of nitrogens with one attached hydrogen (secondary N) is 1. The molecule has 9 nitrogen and oxygen atoms in total. The zero-order valence-electron chi connectivity index (χ0n) is 17.8. The van der Waals surface area contributed by atoms with Crippen molar-refractivity contribution in [2.45, 2.75) is 25.3 Å². The maximum Gasteiger partial charge on any atom is 0.318 e. The number of benzene rings is 1. The van der Waals surface area contributed by atoms with Gasteiger partial charge in [0.25, 0.3) is 0 Å². The molecule has 1 aromatic heterocycles. The summed E-state index contributed by atoms with van der Waals surface area (Å²) >= 11 is 6.09. The van der Waals surface area contributed by atoms with Crippen LogP contribution in [0.5, 0.6) is 0 Å². The number of nitrogens with two attached hydrogens (primary N) is 1. The van der Waals surface area contributed by atoms with Crippen molar-refractivity contribution in [3.63, 3.8) is 0 Å². The molecule has 0 radical (unpaired) electrons. The number of amides is 4. The molecule has 0 saturated carbocycles. The summed E-state index contributed by atoms with van der Waals surface area (Å²) < 4.78 is 0. The number of fused-ring (bicyclic) bond motifs is 1. The molecule has 4 rings (SSSR count). The quantitative estimate of drug-likeness (QED) is 0.722. The van der Waals surface area contributed by atoms with Gasteiger partial charge in [0, 0.05) is 55.0 Å². The van der Waals surface area contributed by atoms with Crippen LogP contribution in [-0.4, -0.2) is 77.9 Å². The van der Waals surface area contributed by atoms with Gasteiger partial charge < -0.3 is 25.8 Å². The third-order valence-corrected chi connectivity index (χ3v) is 6.25. The van der Waals surface area contributed by atoms with E-state index in [1.807, 2.05) is 24.3 Å². The Bertz CT molecular complexity index is 1020. The fourth-order valence-corrected chi connectivity index (χ4v) is 4.52. The van der Waals surface area contributed by atoms with Gasteiger partial charge in [-0.25, -0.2) is 4.79 Å². The van der Waals surface area contributed by atoms with Crippen LogP contribution in [0.4, 0.5) is 10.5 Å². The number of piperazine rings is 1. The van der Waals surface area contributed by atoms with Gasteiger partial charge >= 0.3 is 6.03 Å². The van der Waals surface area contributed by atoms with Crippen LogP contribution in [-0.2, 0) is 9.59 Å². The first-order chi connectivity index (χ1) is 15.4. The Labute approximate surface area is 191 Å². The van der Waals surface area contributed by atoms with Crippen LogP contribution in [0.15, 0.2) is 30.5 Å². The first-order valence-electron chi connectivity index (χ1n) is 10.8. The molecular weight excluding hydrogens is 432 g/mol. The number of rotatable bonds is 4. The van der Waals surface area contributed by atoms with Crippen molar-refractivity contribution in [2.24, 2.45) is 5.73 Å². The van der Waals surface area contributed by atoms with Gasteiger partial charge in [-0.2, -0.15) is 0 Å². The van der Waals surface area contributed by atoms with E-state index in [0.29, 0.717) is 44.2 Å². The number of primary amides is 1. The number of hydrogen-bond acceptors (Lipinski definition) is 5. The molecule has 3 heterocycles. The first-order valence-corrected chi connectivity index (χ1v) is 11.2. The Morgan fingerprint density at radius 2 is 1.91 bits per heavy atom. The molecule has 0 spiro atoms. The summed E-state index contributed by atoms with van der Waals surface area (Å²) in [4.78, 5) is 46.7. The van der Waals surface area contributed by atoms with Crippen molar-refractivity contribution in [2.75, 3.05) is 44.2 Å². The molecule has 4 amide bonds. The summed E-state index contributed by atoms with van der Waals surface area (Å²) in [7, 11) is 0. The molecule has 170 valence electrons. The molecule has 2 saturated heterocycles. The van der Waals surface area contributed by atoms with Gasteiger partial charge in [-0.3, -0.25) is 14.6 Å². The molecule has 1 aromatic carbocycles. The Balaban J connectivity index is 1.37. The number of urea groups is 1. The lowest BCUT2D eigenvalue weighted by atomic mass is 10.1. The van der Waals surface area contributed by atoms with Crippen molar-refractivity contribution >= 4 is 46.0 Å². The summed E-state index contributed by atoms with van der Waals surface area (Å²) in [6.45, 7) is 2.78. The summed E-state index contributed by atoms with van der Waals surface area (Å²) in [5.41, 5.74) is 7.16. The van der Waals surface area contributed by atoms with Crippen molar-refractivity contribution in [3.05, 3.63) is 35.5 Å². The number of anilines is 1. The van der Waals surface area contributed by atoms with Crippen molar-refractivity contribution < 1.29 is 14.4 Å². The second-order valence-electron chi connectivity index (χ2n) is 8.19. The van der Waals surface area contributed by atoms with E-state index in [2.05, 4.69) is 15.2 Å². The second-order valence-corrected chi connectivity index (χ2v) is 8.63. The first kappa shape index (κ1) is 22.1. The van der Waals surface area contributed by atoms with Crippen LogP contribution in [0.25, 0.3) is 10.9 Å². The van der Waals surface area contributed by atoms with E-state index >= 15 is 0 Å². The van der Waals surface area contributed by atoms with Gasteiger partial charge in [-0.05, 0) is 43.5 Å². The predicted molar refractivity (Wildman–Crippen MR) is 122 cm³/mol. The highest BCUT2D eigenvalue weighted by atomic mass is 35.5. The van der Waals surface area contributed by atoms with Crippen LogP contribution in [0.3, 0.4) is 0 Å². The molecule has 2 fully saturated rings. The van der Waals surface area contributed by atoms with Crippen LogP contribution in [0, 0.1) is 0 Å². The van der Waals surface area contributed by atoms with E-state index in [0.717, 1.165) is 29.4 Å². The largest absolute Gasteiger partial charge is 0.368 e. The third kappa shape index (κ3) is 4.88. The number of likely N-dealkylation sites (tertiary alicyclic amines) is 1. The number of nitrogens with zero attached hydrogens (tertiary/aromatic N) is 4. The Hall–Kier alpha value is -3.07. The van der Waals surface area contributed by atoms with Crippen LogP contribution in [0.2, 0.25) is 5.02 Å². The molecule has 2 aliphatic heterocycles. The van der Waals surface area contributed by atoms with Gasteiger partial charge in [-0.1, -0.05) is 11.6 Å². The maximum atomic E-state index is 12.9. The summed E-state index contributed by atoms with van der Waals surface area (Å²) in [5.74, 6) is -0.789. The maximum absolute atomic E-state index is 12.9. The molecule has 2 aliphatic rings. The average molecular weight is 459 g/mol. The van der Waals surface area contributed by atoms with E-state index in [9.17, 15) is 14.4 Å². The van der Waals surface area contributed by atoms with E-state index < -0.39 is 11.9 Å². The number of pyridine rings is 1. The lowest BCUT2D eigenvalue weighted by Gasteiger charge is -2.37. The van der Waals surface area contributed by atoms with E-state index in [1.54, 1.807) is 11.1 Å². The fourth-order valence-electron chi connectivity index (χ4n) is 4.36. The van der Waals surface area contributed by atoms with E-state index in [-0.39, 0.29) is 18.5 Å². The highest BCUT2D eigenvalue weighted by Gasteiger charge is 2.31. The molecule has 2 aromatic rings. The molecule has 0 bridgehead atoms. The highest BCUT2D eigenvalue weighted by molar-refractivity contribution is 6.31. The van der Waals surface area contributed by atoms with Crippen molar-refractivity contribution in [1.82, 2.24) is 20.1 Å². The summed E-state index contributed by atoms with van der Waals surface area (Å²) in [5, 5.41) is 4.54. The van der Waals surface area contributed by atoms with E-state index in [1.165, 1.54) is 4.90 Å². The van der Waals surface area contributed by atoms with Gasteiger partial charge in [0.2, 0.25) is 11.8 Å². The Morgan fingerprint density at radius 1 is 1.12 bits per heavy atom. The predicted octanol–water partition coefficient (Wildman–Crippen LogP) is 1.59. The van der Waals surface area contributed by atoms with Crippen LogP contribution in [0.1, 0.15) is 19.3 Å². The number of carbonyl (C=O) groups is 3. The zero-order chi connectivity index (χ0) is 22.7. The molecular formula is C22H27ClN6O3. The zero-order valence-corrected chi connectivity index (χ0v) is 18.6. The summed E-state index contributed by atoms with van der Waals surface area (Å²) in [6, 6.07) is 6.75. The minimum absolute atomic E-state index is 0.116. The van der Waals surface area contributed by atoms with Crippen molar-refractivity contribution in [1.29, 1.82) is 0 Å². The normalized spacial score (nSPS) is 19.7. The van der Waals surface area contributed by atoms with Gasteiger partial charge in [0.05, 0.1) is 12.1 Å². The average Bonchev–Trinajstić information content (AvgIpc) is 2.94. The highest BCUT2D eigenvalue weighted by Crippen LogP contribution is 2.28. The number of halogens is 1. The standard InChI is InChI=1S/C22H27ClN6O3/c23-15-4-5-16-18(13-15)25-7-6-19(16)27-9-11-28(12-10-27)22(32)26-17-3-1-2-8-29(21(17)31)14-20(24)30/h4-7,13,17H,1-3,8-12,14H2,(H2,24,30)(H,26,32)/t17-/m1/s1. The molecule has 3 N–H and O–H groups in total. The fraction of sp³-hybridized carbons (Fsp3) is 0.455. The van der Waals surface area contributed by atoms with Crippen LogP contribution < -0.4 is 16.0 Å². The second kappa shape index (κ2) is 9.60. The summed E-state index contributed by atoms with van der Waals surface area (Å²) in [6.07, 6.45) is 3.92. The van der Waals surface area contributed by atoms with E-state index in [4.69, 9.17) is 17.3 Å². The van der Waals surface area contributed by atoms with Crippen molar-refractivity contribution in [3.8, 4) is 0 Å². The van der Waals surface area contributed by atoms with Gasteiger partial charge in [0.15, 0.2) is 0 Å². The van der Waals surface area contributed by atoms with Crippen LogP contribution >= 0.6 is 11.6 Å². The lowest BCUT2D eigenvalue weighted by Crippen LogP contribution is -2.56. The lowest BCUT2D eigenvalue weighted by molar-refractivity contribution is -0.136. The van der Waals surface area contributed by atoms with Gasteiger partial charge in [-0.15, -0.1) is 0 Å². The SMILES string of the molecule is NC(=O)CN1CCCC[C@@H](NC(=O)N2CCN(c3ccnc4cc(Cl)ccc34)CC2)C1=O. The Kier molecular flexibility index (Phi) is 6.64. The Morgan fingerprint density at radius 3 is 2.66 bits per heavy atom. The number of carbonyl (C=O) groups excluding carboxylic acids is 3. The number of aromatic nitrogens is 1. The molecule has 1 atom stereocenters. The minimum Gasteiger partial charge on any atom is -0.368 e. The molecule has 0 unspecified atom stereocenters. The minimum atomic E-state index is -0.628. The third-order valence-electron chi connectivity index (χ3n) is 6.01. The molecule has 0 aliphatic carbocycles. The van der Waals surface area contributed by atoms with Gasteiger partial charge in [0.1, 0.15) is 6.04 Å². The monoisotopic (exact) mass is 458 g/mol.